The van der Waals surface area contributed by atoms with E-state index in [-0.39, 0.29) is 17.8 Å². The number of ether oxygens (including phenoxy) is 1. The largest absolute Gasteiger partial charge is 0.383 e. The molecule has 4 heteroatoms. The van der Waals surface area contributed by atoms with Crippen molar-refractivity contribution in [3.05, 3.63) is 35.6 Å². The van der Waals surface area contributed by atoms with Crippen LogP contribution in [0.2, 0.25) is 0 Å². The van der Waals surface area contributed by atoms with Crippen LogP contribution in [0.1, 0.15) is 38.7 Å². The molecule has 0 aliphatic carbocycles. The lowest BCUT2D eigenvalue weighted by Crippen LogP contribution is -2.41. The highest BCUT2D eigenvalue weighted by molar-refractivity contribution is 5.76. The summed E-state index contributed by atoms with van der Waals surface area (Å²) in [7, 11) is 1.65. The number of aryl methyl sites for hydroxylation is 1. The molecule has 0 fully saturated rings. The van der Waals surface area contributed by atoms with E-state index >= 15 is 0 Å². The summed E-state index contributed by atoms with van der Waals surface area (Å²) in [5, 5.41) is 0. The van der Waals surface area contributed by atoms with E-state index in [1.165, 1.54) is 12.1 Å². The summed E-state index contributed by atoms with van der Waals surface area (Å²) in [5.74, 6) is -0.103. The molecule has 3 nitrogen and oxygen atoms in total. The highest BCUT2D eigenvalue weighted by Gasteiger charge is 2.20. The average Bonchev–Trinajstić information content (AvgIpc) is 2.50. The first-order valence-corrected chi connectivity index (χ1v) is 7.65. The molecular formula is C17H26FNO2. The fraction of sp³-hybridized carbons (Fsp3) is 0.588. The predicted octanol–water partition coefficient (Wildman–Crippen LogP) is 3.42. The van der Waals surface area contributed by atoms with Crippen LogP contribution < -0.4 is 0 Å². The first-order chi connectivity index (χ1) is 10.1. The van der Waals surface area contributed by atoms with Crippen molar-refractivity contribution in [3.8, 4) is 0 Å². The van der Waals surface area contributed by atoms with Crippen LogP contribution in [0.4, 0.5) is 4.39 Å². The van der Waals surface area contributed by atoms with Crippen molar-refractivity contribution >= 4 is 5.91 Å². The van der Waals surface area contributed by atoms with Crippen LogP contribution in [0.25, 0.3) is 0 Å². The normalized spacial score (nSPS) is 10.9. The summed E-state index contributed by atoms with van der Waals surface area (Å²) in [5.41, 5.74) is 0.987. The number of carbonyl (C=O) groups is 1. The molecule has 21 heavy (non-hydrogen) atoms. The second-order valence-corrected chi connectivity index (χ2v) is 5.18. The molecule has 0 unspecified atom stereocenters. The number of hydrogen-bond acceptors (Lipinski definition) is 2. The lowest BCUT2D eigenvalue weighted by Gasteiger charge is -2.30. The van der Waals surface area contributed by atoms with Crippen LogP contribution >= 0.6 is 0 Å². The smallest absolute Gasteiger partial charge is 0.223 e. The Morgan fingerprint density at radius 3 is 2.38 bits per heavy atom. The molecule has 0 N–H and O–H groups in total. The number of amides is 1. The number of methoxy groups -OCH3 is 1. The maximum Gasteiger partial charge on any atom is 0.223 e. The molecule has 0 atom stereocenters. The molecule has 0 heterocycles. The monoisotopic (exact) mass is 295 g/mol. The predicted molar refractivity (Wildman–Crippen MR) is 82.7 cm³/mol. The summed E-state index contributed by atoms with van der Waals surface area (Å²) in [6, 6.07) is 6.60. The second kappa shape index (κ2) is 9.50. The molecule has 1 rings (SSSR count). The maximum atomic E-state index is 12.9. The summed E-state index contributed by atoms with van der Waals surface area (Å²) >= 11 is 0. The Balaban J connectivity index is 2.60. The average molecular weight is 295 g/mol. The van der Waals surface area contributed by atoms with Crippen molar-refractivity contribution in [2.75, 3.05) is 20.3 Å². The lowest BCUT2D eigenvalue weighted by atomic mass is 10.1. The third-order valence-corrected chi connectivity index (χ3v) is 3.78. The molecule has 118 valence electrons. The standard InChI is InChI=1S/C17H26FNO2/c1-4-16(5-2)19(12-13-21-3)17(20)11-8-14-6-9-15(18)10-7-14/h6-7,9-10,16H,4-5,8,11-13H2,1-3H3. The number of benzene rings is 1. The number of nitrogens with zero attached hydrogens (tertiary/aromatic N) is 1. The molecule has 1 aromatic carbocycles. The first-order valence-electron chi connectivity index (χ1n) is 7.65. The van der Waals surface area contributed by atoms with Gasteiger partial charge in [-0.25, -0.2) is 4.39 Å². The molecule has 0 saturated heterocycles. The van der Waals surface area contributed by atoms with Gasteiger partial charge in [0, 0.05) is 26.1 Å². The van der Waals surface area contributed by atoms with Gasteiger partial charge >= 0.3 is 0 Å². The van der Waals surface area contributed by atoms with Crippen molar-refractivity contribution in [1.82, 2.24) is 4.90 Å². The van der Waals surface area contributed by atoms with Gasteiger partial charge < -0.3 is 9.64 Å². The van der Waals surface area contributed by atoms with E-state index in [1.54, 1.807) is 19.2 Å². The molecule has 0 spiro atoms. The number of halogens is 1. The zero-order chi connectivity index (χ0) is 15.7. The van der Waals surface area contributed by atoms with Crippen LogP contribution in [-0.4, -0.2) is 37.1 Å². The maximum absolute atomic E-state index is 12.9. The first kappa shape index (κ1) is 17.6. The van der Waals surface area contributed by atoms with Crippen molar-refractivity contribution in [3.63, 3.8) is 0 Å². The van der Waals surface area contributed by atoms with E-state index in [4.69, 9.17) is 4.74 Å². The molecule has 0 radical (unpaired) electrons. The Labute approximate surface area is 127 Å². The Hall–Kier alpha value is -1.42. The van der Waals surface area contributed by atoms with Crippen LogP contribution in [0.5, 0.6) is 0 Å². The Bertz CT molecular complexity index is 415. The Kier molecular flexibility index (Phi) is 7.98. The molecule has 0 aliphatic heterocycles. The zero-order valence-electron chi connectivity index (χ0n) is 13.3. The van der Waals surface area contributed by atoms with Crippen molar-refractivity contribution in [1.29, 1.82) is 0 Å². The van der Waals surface area contributed by atoms with Crippen molar-refractivity contribution in [2.45, 2.75) is 45.6 Å². The molecule has 0 bridgehead atoms. The van der Waals surface area contributed by atoms with Gasteiger partial charge in [-0.2, -0.15) is 0 Å². The van der Waals surface area contributed by atoms with E-state index in [1.807, 2.05) is 4.90 Å². The fourth-order valence-corrected chi connectivity index (χ4v) is 2.48. The van der Waals surface area contributed by atoms with Crippen LogP contribution in [0.3, 0.4) is 0 Å². The second-order valence-electron chi connectivity index (χ2n) is 5.18. The van der Waals surface area contributed by atoms with Crippen LogP contribution in [0.15, 0.2) is 24.3 Å². The van der Waals surface area contributed by atoms with Gasteiger partial charge in [0.1, 0.15) is 5.82 Å². The number of hydrogen-bond donors (Lipinski definition) is 0. The van der Waals surface area contributed by atoms with E-state index in [2.05, 4.69) is 13.8 Å². The van der Waals surface area contributed by atoms with Gasteiger partial charge in [0.25, 0.3) is 0 Å². The van der Waals surface area contributed by atoms with E-state index in [0.717, 1.165) is 18.4 Å². The lowest BCUT2D eigenvalue weighted by molar-refractivity contribution is -0.134. The van der Waals surface area contributed by atoms with Crippen LogP contribution in [-0.2, 0) is 16.0 Å². The molecule has 1 amide bonds. The highest BCUT2D eigenvalue weighted by Crippen LogP contribution is 2.12. The molecule has 0 aromatic heterocycles. The summed E-state index contributed by atoms with van der Waals surface area (Å²) in [4.78, 5) is 14.4. The van der Waals surface area contributed by atoms with Gasteiger partial charge in [-0.05, 0) is 37.0 Å². The summed E-state index contributed by atoms with van der Waals surface area (Å²) in [6.07, 6.45) is 2.99. The van der Waals surface area contributed by atoms with Gasteiger partial charge in [0.15, 0.2) is 0 Å². The van der Waals surface area contributed by atoms with Gasteiger partial charge in [-0.15, -0.1) is 0 Å². The minimum atomic E-state index is -0.246. The Morgan fingerprint density at radius 2 is 1.86 bits per heavy atom. The van der Waals surface area contributed by atoms with Gasteiger partial charge in [0.05, 0.1) is 6.61 Å². The summed E-state index contributed by atoms with van der Waals surface area (Å²) < 4.78 is 18.0. The quantitative estimate of drug-likeness (QED) is 0.698. The number of carbonyl (C=O) groups excluding carboxylic acids is 1. The van der Waals surface area contributed by atoms with E-state index in [0.29, 0.717) is 26.0 Å². The Morgan fingerprint density at radius 1 is 1.24 bits per heavy atom. The molecule has 1 aromatic rings. The van der Waals surface area contributed by atoms with Crippen molar-refractivity contribution < 1.29 is 13.9 Å². The third-order valence-electron chi connectivity index (χ3n) is 3.78. The number of rotatable bonds is 9. The van der Waals surface area contributed by atoms with Gasteiger partial charge in [0.2, 0.25) is 5.91 Å². The van der Waals surface area contributed by atoms with E-state index < -0.39 is 0 Å². The third kappa shape index (κ3) is 5.84. The molecule has 0 aliphatic rings. The zero-order valence-corrected chi connectivity index (χ0v) is 13.3. The van der Waals surface area contributed by atoms with Crippen LogP contribution in [0, 0.1) is 5.82 Å². The minimum absolute atomic E-state index is 0.144. The van der Waals surface area contributed by atoms with Crippen molar-refractivity contribution in [2.24, 2.45) is 0 Å². The summed E-state index contributed by atoms with van der Waals surface area (Å²) in [6.45, 7) is 5.38. The highest BCUT2D eigenvalue weighted by atomic mass is 19.1. The molecular weight excluding hydrogens is 269 g/mol. The SMILES string of the molecule is CCC(CC)N(CCOC)C(=O)CCc1ccc(F)cc1. The fourth-order valence-electron chi connectivity index (χ4n) is 2.48. The van der Waals surface area contributed by atoms with Gasteiger partial charge in [-0.3, -0.25) is 4.79 Å². The molecule has 0 saturated carbocycles. The minimum Gasteiger partial charge on any atom is -0.383 e. The van der Waals surface area contributed by atoms with E-state index in [9.17, 15) is 9.18 Å². The van der Waals surface area contributed by atoms with Gasteiger partial charge in [-0.1, -0.05) is 26.0 Å². The topological polar surface area (TPSA) is 29.5 Å².